The monoisotopic (exact) mass is 519 g/mol. The lowest BCUT2D eigenvalue weighted by Gasteiger charge is -2.42. The number of methoxy groups -OCH3 is 1. The molecule has 0 unspecified atom stereocenters. The van der Waals surface area contributed by atoms with Gasteiger partial charge in [0.15, 0.2) is 0 Å². The van der Waals surface area contributed by atoms with E-state index in [4.69, 9.17) is 10.5 Å². The topological polar surface area (TPSA) is 84.6 Å². The molecule has 1 amide bonds. The molecule has 3 heterocycles. The number of pyridine rings is 2. The number of carbonyl (C=O) groups excluding carboxylic acids is 1. The standard InChI is InChI=1S/C30H38FN5O2/c1-20-9-13-33-18-23(20)19-36(28-8-6-25(38-4)17-26(28)31)24-11-15-35(16-12-24)22(3)5-7-27-29(30(32)37)21(2)10-14-34-27/h6,8-10,13-14,17-18,22,24H,5,7,11-12,15-16,19H2,1-4H3,(H2,32,37)/t22-/m1/s1. The first kappa shape index (κ1) is 27.5. The Labute approximate surface area is 224 Å². The summed E-state index contributed by atoms with van der Waals surface area (Å²) in [5.41, 5.74) is 10.6. The van der Waals surface area contributed by atoms with E-state index < -0.39 is 5.91 Å². The Morgan fingerprint density at radius 3 is 2.58 bits per heavy atom. The minimum atomic E-state index is -0.422. The Morgan fingerprint density at radius 1 is 1.18 bits per heavy atom. The molecule has 0 saturated carbocycles. The van der Waals surface area contributed by atoms with Gasteiger partial charge in [-0.05, 0) is 87.4 Å². The molecular formula is C30H38FN5O2. The molecule has 202 valence electrons. The molecule has 0 aliphatic carbocycles. The lowest BCUT2D eigenvalue weighted by molar-refractivity contribution is 0.0998. The Bertz CT molecular complexity index is 1260. The second-order valence-electron chi connectivity index (χ2n) is 10.2. The highest BCUT2D eigenvalue weighted by Gasteiger charge is 2.29. The number of aromatic nitrogens is 2. The third kappa shape index (κ3) is 6.30. The van der Waals surface area contributed by atoms with Crippen molar-refractivity contribution in [1.82, 2.24) is 14.9 Å². The maximum atomic E-state index is 15.2. The van der Waals surface area contributed by atoms with Crippen LogP contribution in [-0.2, 0) is 13.0 Å². The molecule has 4 rings (SSSR count). The quantitative estimate of drug-likeness (QED) is 0.413. The number of nitrogens with two attached hydrogens (primary N) is 1. The number of hydrogen-bond acceptors (Lipinski definition) is 6. The van der Waals surface area contributed by atoms with Crippen LogP contribution >= 0.6 is 0 Å². The van der Waals surface area contributed by atoms with Gasteiger partial charge in [-0.1, -0.05) is 0 Å². The molecule has 1 atom stereocenters. The highest BCUT2D eigenvalue weighted by atomic mass is 19.1. The lowest BCUT2D eigenvalue weighted by Crippen LogP contribution is -2.47. The number of ether oxygens (including phenoxy) is 1. The third-order valence-electron chi connectivity index (χ3n) is 7.80. The normalized spacial score (nSPS) is 15.3. The molecule has 3 aromatic rings. The van der Waals surface area contributed by atoms with Crippen LogP contribution in [0.25, 0.3) is 0 Å². The molecule has 38 heavy (non-hydrogen) atoms. The number of piperidine rings is 1. The maximum Gasteiger partial charge on any atom is 0.250 e. The van der Waals surface area contributed by atoms with Gasteiger partial charge in [0.25, 0.3) is 5.91 Å². The van der Waals surface area contributed by atoms with Crippen LogP contribution in [0.1, 0.15) is 58.9 Å². The van der Waals surface area contributed by atoms with Crippen molar-refractivity contribution >= 4 is 11.6 Å². The first-order valence-corrected chi connectivity index (χ1v) is 13.3. The van der Waals surface area contributed by atoms with Gasteiger partial charge in [-0.25, -0.2) is 4.39 Å². The summed E-state index contributed by atoms with van der Waals surface area (Å²) in [7, 11) is 1.55. The van der Waals surface area contributed by atoms with Crippen molar-refractivity contribution in [3.63, 3.8) is 0 Å². The number of amides is 1. The van der Waals surface area contributed by atoms with Crippen molar-refractivity contribution in [1.29, 1.82) is 0 Å². The highest BCUT2D eigenvalue weighted by Crippen LogP contribution is 2.31. The number of likely N-dealkylation sites (tertiary alicyclic amines) is 1. The molecule has 0 bridgehead atoms. The van der Waals surface area contributed by atoms with Crippen LogP contribution < -0.4 is 15.4 Å². The zero-order chi connectivity index (χ0) is 27.2. The molecule has 7 nitrogen and oxygen atoms in total. The lowest BCUT2D eigenvalue weighted by atomic mass is 9.97. The van der Waals surface area contributed by atoms with Gasteiger partial charge in [-0.3, -0.25) is 14.8 Å². The smallest absolute Gasteiger partial charge is 0.250 e. The van der Waals surface area contributed by atoms with E-state index in [1.165, 1.54) is 6.07 Å². The van der Waals surface area contributed by atoms with E-state index in [1.807, 2.05) is 37.4 Å². The van der Waals surface area contributed by atoms with Gasteiger partial charge in [0.2, 0.25) is 0 Å². The molecule has 1 aliphatic heterocycles. The van der Waals surface area contributed by atoms with Crippen molar-refractivity contribution in [2.45, 2.75) is 65.1 Å². The average molecular weight is 520 g/mol. The van der Waals surface area contributed by atoms with Crippen LogP contribution in [0.3, 0.4) is 0 Å². The summed E-state index contributed by atoms with van der Waals surface area (Å²) >= 11 is 0. The first-order chi connectivity index (χ1) is 18.3. The fourth-order valence-electron chi connectivity index (χ4n) is 5.41. The minimum Gasteiger partial charge on any atom is -0.497 e. The highest BCUT2D eigenvalue weighted by molar-refractivity contribution is 5.95. The molecule has 0 radical (unpaired) electrons. The summed E-state index contributed by atoms with van der Waals surface area (Å²) in [5, 5.41) is 0. The fraction of sp³-hybridized carbons (Fsp3) is 0.433. The fourth-order valence-corrected chi connectivity index (χ4v) is 5.41. The van der Waals surface area contributed by atoms with E-state index in [9.17, 15) is 4.79 Å². The number of aryl methyl sites for hydroxylation is 3. The average Bonchev–Trinajstić information content (AvgIpc) is 2.91. The van der Waals surface area contributed by atoms with Gasteiger partial charge < -0.3 is 20.3 Å². The summed E-state index contributed by atoms with van der Waals surface area (Å²) in [6.45, 7) is 8.60. The SMILES string of the molecule is COc1ccc(N(Cc2cnccc2C)C2CCN([C@H](C)CCc3nccc(C)c3C(N)=O)CC2)c(F)c1. The molecule has 8 heteroatoms. The maximum absolute atomic E-state index is 15.2. The second-order valence-corrected chi connectivity index (χ2v) is 10.2. The zero-order valence-electron chi connectivity index (χ0n) is 22.8. The molecule has 1 saturated heterocycles. The Balaban J connectivity index is 1.45. The van der Waals surface area contributed by atoms with E-state index in [0.717, 1.165) is 54.7 Å². The molecular weight excluding hydrogens is 481 g/mol. The van der Waals surface area contributed by atoms with E-state index in [1.54, 1.807) is 19.5 Å². The van der Waals surface area contributed by atoms with Crippen LogP contribution in [-0.4, -0.2) is 53.1 Å². The number of rotatable bonds is 10. The van der Waals surface area contributed by atoms with Gasteiger partial charge in [0.1, 0.15) is 11.6 Å². The number of halogens is 1. The molecule has 2 aromatic heterocycles. The number of benzene rings is 1. The van der Waals surface area contributed by atoms with Gasteiger partial charge >= 0.3 is 0 Å². The van der Waals surface area contributed by atoms with Crippen LogP contribution in [0.2, 0.25) is 0 Å². The number of hydrogen-bond donors (Lipinski definition) is 1. The Kier molecular flexibility index (Phi) is 8.94. The van der Waals surface area contributed by atoms with Crippen LogP contribution in [0.4, 0.5) is 10.1 Å². The Morgan fingerprint density at radius 2 is 1.92 bits per heavy atom. The van der Waals surface area contributed by atoms with Crippen LogP contribution in [0.5, 0.6) is 5.75 Å². The van der Waals surface area contributed by atoms with E-state index >= 15 is 4.39 Å². The Hall–Kier alpha value is -3.52. The van der Waals surface area contributed by atoms with Gasteiger partial charge in [-0.15, -0.1) is 0 Å². The first-order valence-electron chi connectivity index (χ1n) is 13.3. The largest absolute Gasteiger partial charge is 0.497 e. The second kappa shape index (κ2) is 12.3. The number of nitrogens with zero attached hydrogens (tertiary/aromatic N) is 4. The molecule has 1 fully saturated rings. The van der Waals surface area contributed by atoms with E-state index in [0.29, 0.717) is 36.0 Å². The minimum absolute atomic E-state index is 0.195. The van der Waals surface area contributed by atoms with Crippen molar-refractivity contribution in [2.24, 2.45) is 5.73 Å². The van der Waals surface area contributed by atoms with Crippen LogP contribution in [0.15, 0.2) is 48.9 Å². The summed E-state index contributed by atoms with van der Waals surface area (Å²) in [4.78, 5) is 25.4. The third-order valence-corrected chi connectivity index (χ3v) is 7.80. The summed E-state index contributed by atoms with van der Waals surface area (Å²) < 4.78 is 20.5. The summed E-state index contributed by atoms with van der Waals surface area (Å²) in [6.07, 6.45) is 8.83. The molecule has 0 spiro atoms. The van der Waals surface area contributed by atoms with E-state index in [2.05, 4.69) is 33.6 Å². The number of primary amides is 1. The summed E-state index contributed by atoms with van der Waals surface area (Å²) in [5.74, 6) is -0.193. The summed E-state index contributed by atoms with van der Waals surface area (Å²) in [6, 6.07) is 9.43. The van der Waals surface area contributed by atoms with Crippen molar-refractivity contribution < 1.29 is 13.9 Å². The van der Waals surface area contributed by atoms with Gasteiger partial charge in [-0.2, -0.15) is 0 Å². The molecule has 1 aromatic carbocycles. The molecule has 2 N–H and O–H groups in total. The zero-order valence-corrected chi connectivity index (χ0v) is 22.8. The van der Waals surface area contributed by atoms with Crippen molar-refractivity contribution in [2.75, 3.05) is 25.1 Å². The van der Waals surface area contributed by atoms with Gasteiger partial charge in [0, 0.05) is 56.4 Å². The van der Waals surface area contributed by atoms with Crippen molar-refractivity contribution in [3.8, 4) is 5.75 Å². The van der Waals surface area contributed by atoms with Crippen LogP contribution in [0, 0.1) is 19.7 Å². The predicted molar refractivity (Wildman–Crippen MR) is 148 cm³/mol. The predicted octanol–water partition coefficient (Wildman–Crippen LogP) is 4.83. The van der Waals surface area contributed by atoms with Gasteiger partial charge in [0.05, 0.1) is 24.1 Å². The number of anilines is 1. The number of carbonyl (C=O) groups is 1. The van der Waals surface area contributed by atoms with Crippen molar-refractivity contribution in [3.05, 3.63) is 82.7 Å². The molecule has 1 aliphatic rings. The van der Waals surface area contributed by atoms with E-state index in [-0.39, 0.29) is 11.9 Å².